The second-order valence-electron chi connectivity index (χ2n) is 19.8. The summed E-state index contributed by atoms with van der Waals surface area (Å²) in [5, 5.41) is 15.1. The second kappa shape index (κ2) is 12.7. The molecule has 0 aliphatic carbocycles. The Morgan fingerprint density at radius 2 is 0.786 bits per heavy atom. The Kier molecular flexibility index (Phi) is 8.44. The highest BCUT2D eigenvalue weighted by molar-refractivity contribution is 6.12. The monoisotopic (exact) mass is 734 g/mol. The van der Waals surface area contributed by atoms with Gasteiger partial charge >= 0.3 is 0 Å². The summed E-state index contributed by atoms with van der Waals surface area (Å²) in [5.74, 6) is 0. The number of hydrogen-bond donors (Lipinski definition) is 0. The number of nitriles is 1. The van der Waals surface area contributed by atoms with E-state index in [-0.39, 0.29) is 21.7 Å². The molecule has 0 aliphatic heterocycles. The summed E-state index contributed by atoms with van der Waals surface area (Å²) in [5.41, 5.74) is 14.2. The van der Waals surface area contributed by atoms with E-state index in [1.807, 2.05) is 30.6 Å². The fraction of sp³-hybridized carbons (Fsp3) is 0.308. The maximum absolute atomic E-state index is 10.2. The molecule has 282 valence electrons. The van der Waals surface area contributed by atoms with Crippen LogP contribution < -0.4 is 0 Å². The summed E-state index contributed by atoms with van der Waals surface area (Å²) < 4.78 is 4.80. The van der Waals surface area contributed by atoms with Crippen molar-refractivity contribution in [2.75, 3.05) is 0 Å². The number of pyridine rings is 1. The number of rotatable bonds is 3. The number of hydrogen-bond acceptors (Lipinski definition) is 2. The van der Waals surface area contributed by atoms with Crippen molar-refractivity contribution < 1.29 is 0 Å². The minimum atomic E-state index is -0.00907. The predicted octanol–water partition coefficient (Wildman–Crippen LogP) is 14.0. The number of nitrogens with zero attached hydrogens (tertiary/aromatic N) is 4. The Balaban J connectivity index is 1.54. The minimum absolute atomic E-state index is 0.00907. The van der Waals surface area contributed by atoms with Gasteiger partial charge in [0.15, 0.2) is 0 Å². The van der Waals surface area contributed by atoms with Crippen LogP contribution in [0.1, 0.15) is 111 Å². The molecule has 0 atom stereocenters. The van der Waals surface area contributed by atoms with E-state index in [4.69, 9.17) is 4.98 Å². The largest absolute Gasteiger partial charge is 0.307 e. The molecule has 4 heteroatoms. The molecule has 4 nitrogen and oxygen atoms in total. The highest BCUT2D eigenvalue weighted by Gasteiger charge is 2.26. The van der Waals surface area contributed by atoms with Crippen LogP contribution in [0.3, 0.4) is 0 Å². The Bertz CT molecular complexity index is 2590. The van der Waals surface area contributed by atoms with E-state index in [0.29, 0.717) is 5.56 Å². The van der Waals surface area contributed by atoms with Crippen LogP contribution >= 0.6 is 0 Å². The van der Waals surface area contributed by atoms with Crippen LogP contribution in [-0.2, 0) is 21.7 Å². The first-order chi connectivity index (χ1) is 26.3. The van der Waals surface area contributed by atoms with Gasteiger partial charge in [-0.1, -0.05) is 119 Å². The fourth-order valence-electron chi connectivity index (χ4n) is 8.25. The molecule has 0 N–H and O–H groups in total. The number of fused-ring (bicyclic) bond motifs is 6. The Morgan fingerprint density at radius 1 is 0.446 bits per heavy atom. The van der Waals surface area contributed by atoms with Gasteiger partial charge in [-0.3, -0.25) is 4.98 Å². The van der Waals surface area contributed by atoms with Crippen LogP contribution in [0.5, 0.6) is 0 Å². The highest BCUT2D eigenvalue weighted by atomic mass is 15.0. The zero-order valence-corrected chi connectivity index (χ0v) is 35.2. The van der Waals surface area contributed by atoms with Gasteiger partial charge in [-0.05, 0) is 110 Å². The molecule has 0 unspecified atom stereocenters. The van der Waals surface area contributed by atoms with Crippen LogP contribution in [0.4, 0.5) is 0 Å². The number of benzene rings is 5. The third-order valence-electron chi connectivity index (χ3n) is 11.7. The van der Waals surface area contributed by atoms with Gasteiger partial charge in [0, 0.05) is 27.1 Å². The van der Waals surface area contributed by atoms with Crippen molar-refractivity contribution in [2.24, 2.45) is 0 Å². The van der Waals surface area contributed by atoms with Gasteiger partial charge in [-0.15, -0.1) is 0 Å². The van der Waals surface area contributed by atoms with E-state index in [0.717, 1.165) is 44.6 Å². The van der Waals surface area contributed by atoms with Crippen LogP contribution in [0.25, 0.3) is 66.1 Å². The topological polar surface area (TPSA) is 46.5 Å². The lowest BCUT2D eigenvalue weighted by Gasteiger charge is -2.21. The van der Waals surface area contributed by atoms with Crippen LogP contribution in [0.2, 0.25) is 0 Å². The van der Waals surface area contributed by atoms with Gasteiger partial charge in [-0.25, -0.2) is 0 Å². The number of aromatic nitrogens is 3. The normalized spacial score (nSPS) is 13.0. The molecule has 0 aliphatic rings. The van der Waals surface area contributed by atoms with E-state index < -0.39 is 0 Å². The minimum Gasteiger partial charge on any atom is -0.307 e. The standard InChI is InChI=1S/C52H54N4/c1-49(2,3)34-16-20-42-38(25-34)39-26-35(50(4,5)6)17-21-43(39)55(42)46-30-54-31-47(48(46)33-15-13-14-32(24-33)29-53)56-44-22-18-36(51(7,8)9)27-40(44)41-28-37(52(10,11)12)19-23-45(41)56/h13-28,30-31H,1-12H3. The van der Waals surface area contributed by atoms with Crippen molar-refractivity contribution >= 4 is 43.6 Å². The zero-order chi connectivity index (χ0) is 40.1. The van der Waals surface area contributed by atoms with Crippen molar-refractivity contribution in [3.8, 4) is 28.6 Å². The average molecular weight is 735 g/mol. The maximum Gasteiger partial charge on any atom is 0.0991 e. The Morgan fingerprint density at radius 3 is 1.09 bits per heavy atom. The van der Waals surface area contributed by atoms with E-state index in [1.165, 1.54) is 43.8 Å². The SMILES string of the molecule is CC(C)(C)c1ccc2c(c1)c1cc(C(C)(C)C)ccc1n2-c1cncc(-n2c3ccc(C(C)(C)C)cc3c3cc(C(C)(C)C)ccc32)c1-c1cccc(C#N)c1. The van der Waals surface area contributed by atoms with Crippen molar-refractivity contribution in [1.29, 1.82) is 5.26 Å². The molecular weight excluding hydrogens is 681 g/mol. The Hall–Kier alpha value is -5.66. The summed E-state index contributed by atoms with van der Waals surface area (Å²) >= 11 is 0. The van der Waals surface area contributed by atoms with Gasteiger partial charge in [0.1, 0.15) is 0 Å². The van der Waals surface area contributed by atoms with Crippen molar-refractivity contribution in [2.45, 2.75) is 105 Å². The van der Waals surface area contributed by atoms with Crippen LogP contribution in [0, 0.1) is 11.3 Å². The van der Waals surface area contributed by atoms with Gasteiger partial charge < -0.3 is 9.13 Å². The smallest absolute Gasteiger partial charge is 0.0991 e. The highest BCUT2D eigenvalue weighted by Crippen LogP contribution is 2.44. The quantitative estimate of drug-likeness (QED) is 0.181. The second-order valence-corrected chi connectivity index (χ2v) is 19.8. The molecule has 0 saturated heterocycles. The molecule has 0 spiro atoms. The van der Waals surface area contributed by atoms with Crippen LogP contribution in [0.15, 0.2) is 109 Å². The summed E-state index contributed by atoms with van der Waals surface area (Å²) in [4.78, 5) is 5.07. The molecule has 5 aromatic carbocycles. The van der Waals surface area contributed by atoms with E-state index >= 15 is 0 Å². The first kappa shape index (κ1) is 37.3. The summed E-state index contributed by atoms with van der Waals surface area (Å²) in [6.07, 6.45) is 4.02. The molecule has 56 heavy (non-hydrogen) atoms. The van der Waals surface area contributed by atoms with Gasteiger partial charge in [0.2, 0.25) is 0 Å². The third kappa shape index (κ3) is 6.19. The Labute approximate surface area is 332 Å². The zero-order valence-electron chi connectivity index (χ0n) is 35.2. The molecule has 0 bridgehead atoms. The van der Waals surface area contributed by atoms with E-state index in [1.54, 1.807) is 0 Å². The lowest BCUT2D eigenvalue weighted by molar-refractivity contribution is 0.590. The summed E-state index contributed by atoms with van der Waals surface area (Å²) in [6.45, 7) is 27.4. The molecular formula is C52H54N4. The van der Waals surface area contributed by atoms with Crippen molar-refractivity contribution in [3.05, 3.63) is 137 Å². The van der Waals surface area contributed by atoms with Crippen molar-refractivity contribution in [1.82, 2.24) is 14.1 Å². The van der Waals surface area contributed by atoms with Crippen LogP contribution in [-0.4, -0.2) is 14.1 Å². The van der Waals surface area contributed by atoms with Gasteiger partial charge in [-0.2, -0.15) is 5.26 Å². The molecule has 0 radical (unpaired) electrons. The molecule has 0 fully saturated rings. The molecule has 0 saturated carbocycles. The fourth-order valence-corrected chi connectivity index (χ4v) is 8.25. The van der Waals surface area contributed by atoms with E-state index in [9.17, 15) is 5.26 Å². The molecule has 8 aromatic rings. The summed E-state index contributed by atoms with van der Waals surface area (Å²) in [7, 11) is 0. The summed E-state index contributed by atoms with van der Waals surface area (Å²) in [6, 6.07) is 38.3. The molecule has 3 heterocycles. The third-order valence-corrected chi connectivity index (χ3v) is 11.7. The molecule has 0 amide bonds. The first-order valence-electron chi connectivity index (χ1n) is 19.9. The molecule has 8 rings (SSSR count). The maximum atomic E-state index is 10.2. The van der Waals surface area contributed by atoms with Crippen molar-refractivity contribution in [3.63, 3.8) is 0 Å². The lowest BCUT2D eigenvalue weighted by Crippen LogP contribution is -2.10. The van der Waals surface area contributed by atoms with E-state index in [2.05, 4.69) is 177 Å². The van der Waals surface area contributed by atoms with Gasteiger partial charge in [0.25, 0.3) is 0 Å². The molecule has 3 aromatic heterocycles. The van der Waals surface area contributed by atoms with Gasteiger partial charge in [0.05, 0.1) is 57.5 Å². The lowest BCUT2D eigenvalue weighted by atomic mass is 9.85. The predicted molar refractivity (Wildman–Crippen MR) is 238 cm³/mol. The first-order valence-corrected chi connectivity index (χ1v) is 19.9. The average Bonchev–Trinajstić information content (AvgIpc) is 3.64.